The summed E-state index contributed by atoms with van der Waals surface area (Å²) in [4.78, 5) is 0. The van der Waals surface area contributed by atoms with Gasteiger partial charge in [-0.2, -0.15) is 0 Å². The molecule has 0 amide bonds. The highest BCUT2D eigenvalue weighted by Crippen LogP contribution is 2.25. The number of rotatable bonds is 6. The van der Waals surface area contributed by atoms with E-state index in [4.69, 9.17) is 0 Å². The van der Waals surface area contributed by atoms with Crippen LogP contribution in [-0.2, 0) is 12.8 Å². The van der Waals surface area contributed by atoms with Gasteiger partial charge in [0.2, 0.25) is 0 Å². The largest absolute Gasteiger partial charge is 0.319 e. The lowest BCUT2D eigenvalue weighted by Crippen LogP contribution is -2.23. The zero-order chi connectivity index (χ0) is 15.2. The van der Waals surface area contributed by atoms with Gasteiger partial charge < -0.3 is 5.32 Å². The highest BCUT2D eigenvalue weighted by Gasteiger charge is 2.14. The Labute approximate surface area is 142 Å². The number of hydrogen-bond acceptors (Lipinski definition) is 1. The third-order valence-electron chi connectivity index (χ3n) is 3.48. The molecule has 21 heavy (non-hydrogen) atoms. The molecule has 0 saturated carbocycles. The van der Waals surface area contributed by atoms with Crippen LogP contribution >= 0.6 is 31.9 Å². The highest BCUT2D eigenvalue weighted by atomic mass is 79.9. The first kappa shape index (κ1) is 16.7. The van der Waals surface area contributed by atoms with Crippen LogP contribution in [0.2, 0.25) is 0 Å². The van der Waals surface area contributed by atoms with Gasteiger partial charge in [-0.1, -0.05) is 56.1 Å². The standard InChI is InChI=1S/C17H18Br2FN/c1-21-11-12(8-13-4-2-3-5-16(13)18)9-14-6-7-15(20)10-17(14)19/h2-7,10,12,21H,8-9,11H2,1H3. The van der Waals surface area contributed by atoms with Crippen molar-refractivity contribution in [1.82, 2.24) is 5.32 Å². The monoisotopic (exact) mass is 413 g/mol. The molecule has 0 heterocycles. The minimum atomic E-state index is -0.207. The molecule has 2 aromatic rings. The number of nitrogens with one attached hydrogen (secondary N) is 1. The van der Waals surface area contributed by atoms with Crippen molar-refractivity contribution in [3.05, 3.63) is 68.4 Å². The van der Waals surface area contributed by atoms with Crippen LogP contribution in [0.4, 0.5) is 4.39 Å². The lowest BCUT2D eigenvalue weighted by molar-refractivity contribution is 0.491. The van der Waals surface area contributed by atoms with Crippen molar-refractivity contribution >= 4 is 31.9 Å². The van der Waals surface area contributed by atoms with Crippen molar-refractivity contribution in [2.75, 3.05) is 13.6 Å². The third-order valence-corrected chi connectivity index (χ3v) is 4.99. The smallest absolute Gasteiger partial charge is 0.124 e. The van der Waals surface area contributed by atoms with Crippen molar-refractivity contribution in [1.29, 1.82) is 0 Å². The first-order valence-corrected chi connectivity index (χ1v) is 8.50. The first-order valence-electron chi connectivity index (χ1n) is 6.92. The van der Waals surface area contributed by atoms with Crippen molar-refractivity contribution < 1.29 is 4.39 Å². The lowest BCUT2D eigenvalue weighted by atomic mass is 9.92. The molecule has 0 aliphatic heterocycles. The van der Waals surface area contributed by atoms with Gasteiger partial charge in [0.1, 0.15) is 5.82 Å². The molecular weight excluding hydrogens is 397 g/mol. The van der Waals surface area contributed by atoms with Crippen molar-refractivity contribution in [3.8, 4) is 0 Å². The molecule has 112 valence electrons. The fraction of sp³-hybridized carbons (Fsp3) is 0.294. The van der Waals surface area contributed by atoms with Crippen LogP contribution in [0.3, 0.4) is 0 Å². The Bertz CT molecular complexity index is 601. The summed E-state index contributed by atoms with van der Waals surface area (Å²) in [7, 11) is 1.97. The van der Waals surface area contributed by atoms with Crippen molar-refractivity contribution in [3.63, 3.8) is 0 Å². The zero-order valence-corrected chi connectivity index (χ0v) is 15.0. The van der Waals surface area contributed by atoms with Gasteiger partial charge in [0.05, 0.1) is 0 Å². The molecule has 0 aliphatic rings. The quantitative estimate of drug-likeness (QED) is 0.703. The molecule has 1 N–H and O–H groups in total. The van der Waals surface area contributed by atoms with Crippen LogP contribution in [0.25, 0.3) is 0 Å². The molecule has 2 rings (SSSR count). The van der Waals surface area contributed by atoms with Crippen LogP contribution < -0.4 is 5.32 Å². The molecule has 1 atom stereocenters. The molecule has 1 unspecified atom stereocenters. The van der Waals surface area contributed by atoms with Crippen LogP contribution in [0.1, 0.15) is 11.1 Å². The molecule has 0 saturated heterocycles. The topological polar surface area (TPSA) is 12.0 Å². The molecule has 4 heteroatoms. The minimum Gasteiger partial charge on any atom is -0.319 e. The fourth-order valence-corrected chi connectivity index (χ4v) is 3.44. The normalized spacial score (nSPS) is 12.4. The minimum absolute atomic E-state index is 0.207. The molecule has 0 aromatic heterocycles. The van der Waals surface area contributed by atoms with Gasteiger partial charge in [0.15, 0.2) is 0 Å². The Kier molecular flexibility index (Phi) is 6.40. The van der Waals surface area contributed by atoms with Crippen LogP contribution in [-0.4, -0.2) is 13.6 Å². The molecule has 0 aliphatic carbocycles. The molecule has 0 fully saturated rings. The van der Waals surface area contributed by atoms with Crippen LogP contribution in [0.15, 0.2) is 51.4 Å². The zero-order valence-electron chi connectivity index (χ0n) is 11.9. The lowest BCUT2D eigenvalue weighted by Gasteiger charge is -2.18. The van der Waals surface area contributed by atoms with Crippen molar-refractivity contribution in [2.24, 2.45) is 5.92 Å². The van der Waals surface area contributed by atoms with Gasteiger partial charge in [-0.3, -0.25) is 0 Å². The second-order valence-corrected chi connectivity index (χ2v) is 6.87. The Morgan fingerprint density at radius 3 is 2.29 bits per heavy atom. The number of hydrogen-bond donors (Lipinski definition) is 1. The van der Waals surface area contributed by atoms with E-state index in [2.05, 4.69) is 55.4 Å². The van der Waals surface area contributed by atoms with E-state index in [1.165, 1.54) is 17.7 Å². The maximum absolute atomic E-state index is 13.2. The van der Waals surface area contributed by atoms with Gasteiger partial charge in [-0.05, 0) is 61.7 Å². The Hall–Kier alpha value is -0.710. The fourth-order valence-electron chi connectivity index (χ4n) is 2.48. The second kappa shape index (κ2) is 8.06. The van der Waals surface area contributed by atoms with Crippen LogP contribution in [0, 0.1) is 11.7 Å². The van der Waals surface area contributed by atoms with E-state index in [1.54, 1.807) is 0 Å². The Morgan fingerprint density at radius 2 is 1.67 bits per heavy atom. The molecule has 1 nitrogen and oxygen atoms in total. The first-order chi connectivity index (χ1) is 10.1. The predicted molar refractivity (Wildman–Crippen MR) is 93.1 cm³/mol. The van der Waals surface area contributed by atoms with Gasteiger partial charge in [-0.25, -0.2) is 4.39 Å². The van der Waals surface area contributed by atoms with E-state index in [9.17, 15) is 4.39 Å². The summed E-state index contributed by atoms with van der Waals surface area (Å²) in [5.41, 5.74) is 2.44. The average Bonchev–Trinajstić information content (AvgIpc) is 2.44. The summed E-state index contributed by atoms with van der Waals surface area (Å²) >= 11 is 7.06. The summed E-state index contributed by atoms with van der Waals surface area (Å²) in [5, 5.41) is 3.25. The molecule has 0 spiro atoms. The SMILES string of the molecule is CNCC(Cc1ccccc1Br)Cc1ccc(F)cc1Br. The van der Waals surface area contributed by atoms with Crippen LogP contribution in [0.5, 0.6) is 0 Å². The summed E-state index contributed by atoms with van der Waals surface area (Å²) in [6, 6.07) is 13.2. The molecule has 2 aromatic carbocycles. The van der Waals surface area contributed by atoms with Gasteiger partial charge in [-0.15, -0.1) is 0 Å². The Balaban J connectivity index is 2.14. The van der Waals surface area contributed by atoms with E-state index in [0.717, 1.165) is 33.9 Å². The molecular formula is C17H18Br2FN. The van der Waals surface area contributed by atoms with E-state index < -0.39 is 0 Å². The maximum Gasteiger partial charge on any atom is 0.124 e. The van der Waals surface area contributed by atoms with Gasteiger partial charge >= 0.3 is 0 Å². The summed E-state index contributed by atoms with van der Waals surface area (Å²) in [5.74, 6) is 0.247. The second-order valence-electron chi connectivity index (χ2n) is 5.16. The average molecular weight is 415 g/mol. The van der Waals surface area contributed by atoms with E-state index in [1.807, 2.05) is 19.2 Å². The van der Waals surface area contributed by atoms with E-state index in [0.29, 0.717) is 5.92 Å². The van der Waals surface area contributed by atoms with Crippen molar-refractivity contribution in [2.45, 2.75) is 12.8 Å². The summed E-state index contributed by atoms with van der Waals surface area (Å²) in [6.45, 7) is 0.922. The maximum atomic E-state index is 13.2. The van der Waals surface area contributed by atoms with E-state index >= 15 is 0 Å². The summed E-state index contributed by atoms with van der Waals surface area (Å²) in [6.07, 6.45) is 1.88. The predicted octanol–water partition coefficient (Wildman–Crippen LogP) is 4.97. The van der Waals surface area contributed by atoms with Gasteiger partial charge in [0, 0.05) is 8.95 Å². The Morgan fingerprint density at radius 1 is 1.00 bits per heavy atom. The van der Waals surface area contributed by atoms with E-state index in [-0.39, 0.29) is 5.82 Å². The molecule has 0 radical (unpaired) electrons. The summed E-state index contributed by atoms with van der Waals surface area (Å²) < 4.78 is 15.2. The highest BCUT2D eigenvalue weighted by molar-refractivity contribution is 9.10. The third kappa shape index (κ3) is 4.90. The number of benzene rings is 2. The van der Waals surface area contributed by atoms with Gasteiger partial charge in [0.25, 0.3) is 0 Å². The number of halogens is 3. The molecule has 0 bridgehead atoms.